The van der Waals surface area contributed by atoms with Crippen LogP contribution in [0.1, 0.15) is 64.5 Å². The zero-order valence-electron chi connectivity index (χ0n) is 18.5. The summed E-state index contributed by atoms with van der Waals surface area (Å²) in [5.74, 6) is 5.11. The molecular weight excluding hydrogens is 352 g/mol. The number of aliphatic imine (C=N–C) groups is 1. The van der Waals surface area contributed by atoms with Crippen molar-refractivity contribution in [3.8, 4) is 0 Å². The van der Waals surface area contributed by atoms with Gasteiger partial charge in [0.25, 0.3) is 0 Å². The highest BCUT2D eigenvalue weighted by molar-refractivity contribution is 5.79. The van der Waals surface area contributed by atoms with Gasteiger partial charge in [-0.2, -0.15) is 0 Å². The molecule has 0 unspecified atom stereocenters. The zero-order chi connectivity index (χ0) is 20.4. The monoisotopic (exact) mass is 392 g/mol. The van der Waals surface area contributed by atoms with E-state index in [0.29, 0.717) is 6.54 Å². The molecule has 1 saturated carbocycles. The highest BCUT2D eigenvalue weighted by atomic mass is 16.5. The zero-order valence-corrected chi connectivity index (χ0v) is 18.5. The Labute approximate surface area is 170 Å². The van der Waals surface area contributed by atoms with E-state index in [1.807, 2.05) is 25.5 Å². The van der Waals surface area contributed by atoms with Crippen LogP contribution in [0.5, 0.6) is 0 Å². The van der Waals surface area contributed by atoms with Crippen LogP contribution in [-0.4, -0.2) is 47.0 Å². The highest BCUT2D eigenvalue weighted by Gasteiger charge is 2.23. The first kappa shape index (κ1) is 22.7. The predicted octanol–water partition coefficient (Wildman–Crippen LogP) is 3.05. The smallest absolute Gasteiger partial charge is 0.191 e. The number of aromatic nitrogens is 3. The van der Waals surface area contributed by atoms with Crippen molar-refractivity contribution in [1.29, 1.82) is 0 Å². The Bertz CT molecular complexity index is 590. The molecule has 1 heterocycles. The third-order valence-electron chi connectivity index (χ3n) is 5.92. The second-order valence-electron chi connectivity index (χ2n) is 8.27. The topological polar surface area (TPSA) is 76.4 Å². The van der Waals surface area contributed by atoms with Crippen molar-refractivity contribution in [2.45, 2.75) is 66.3 Å². The number of hydrogen-bond acceptors (Lipinski definition) is 4. The molecule has 1 aromatic rings. The van der Waals surface area contributed by atoms with Crippen LogP contribution < -0.4 is 10.6 Å². The van der Waals surface area contributed by atoms with Gasteiger partial charge in [0.05, 0.1) is 0 Å². The van der Waals surface area contributed by atoms with Crippen molar-refractivity contribution in [2.75, 3.05) is 26.3 Å². The molecule has 0 bridgehead atoms. The molecule has 0 amide bonds. The Balaban J connectivity index is 1.84. The molecular formula is C21H40N6O. The SMILES string of the molecule is CCOCCCNC(=NCc1nnc(C)n1C)NCC1CCC(C(C)C)CC1. The van der Waals surface area contributed by atoms with Crippen LogP contribution in [0.25, 0.3) is 0 Å². The number of hydrogen-bond donors (Lipinski definition) is 2. The summed E-state index contributed by atoms with van der Waals surface area (Å²) < 4.78 is 7.42. The van der Waals surface area contributed by atoms with E-state index in [2.05, 4.69) is 34.7 Å². The average Bonchev–Trinajstić information content (AvgIpc) is 3.01. The van der Waals surface area contributed by atoms with Gasteiger partial charge in [-0.1, -0.05) is 13.8 Å². The fourth-order valence-electron chi connectivity index (χ4n) is 3.74. The van der Waals surface area contributed by atoms with Gasteiger partial charge in [0.1, 0.15) is 12.4 Å². The lowest BCUT2D eigenvalue weighted by Crippen LogP contribution is -2.41. The molecule has 0 radical (unpaired) electrons. The number of rotatable bonds is 10. The average molecular weight is 393 g/mol. The van der Waals surface area contributed by atoms with Crippen LogP contribution in [0, 0.1) is 24.7 Å². The summed E-state index contributed by atoms with van der Waals surface area (Å²) in [4.78, 5) is 4.74. The maximum absolute atomic E-state index is 5.43. The van der Waals surface area contributed by atoms with Crippen LogP contribution >= 0.6 is 0 Å². The van der Waals surface area contributed by atoms with Crippen molar-refractivity contribution in [2.24, 2.45) is 29.8 Å². The summed E-state index contributed by atoms with van der Waals surface area (Å²) in [5, 5.41) is 15.3. The van der Waals surface area contributed by atoms with Crippen molar-refractivity contribution in [3.05, 3.63) is 11.6 Å². The van der Waals surface area contributed by atoms with Crippen LogP contribution in [-0.2, 0) is 18.3 Å². The minimum absolute atomic E-state index is 0.526. The van der Waals surface area contributed by atoms with Crippen molar-refractivity contribution in [1.82, 2.24) is 25.4 Å². The van der Waals surface area contributed by atoms with E-state index in [-0.39, 0.29) is 0 Å². The van der Waals surface area contributed by atoms with Gasteiger partial charge in [-0.05, 0) is 63.7 Å². The third kappa shape index (κ3) is 7.41. The molecule has 0 aromatic carbocycles. The molecule has 7 heteroatoms. The minimum atomic E-state index is 0.526. The maximum Gasteiger partial charge on any atom is 0.191 e. The van der Waals surface area contributed by atoms with E-state index >= 15 is 0 Å². The Hall–Kier alpha value is -1.63. The van der Waals surface area contributed by atoms with Crippen molar-refractivity contribution >= 4 is 5.96 Å². The van der Waals surface area contributed by atoms with Gasteiger partial charge in [-0.3, -0.25) is 0 Å². The van der Waals surface area contributed by atoms with Gasteiger partial charge < -0.3 is 19.9 Å². The lowest BCUT2D eigenvalue weighted by atomic mass is 9.77. The van der Waals surface area contributed by atoms with E-state index in [1.165, 1.54) is 25.7 Å². The van der Waals surface area contributed by atoms with Crippen LogP contribution in [0.2, 0.25) is 0 Å². The first-order valence-electron chi connectivity index (χ1n) is 11.0. The highest BCUT2D eigenvalue weighted by Crippen LogP contribution is 2.32. The molecule has 0 spiro atoms. The van der Waals surface area contributed by atoms with Gasteiger partial charge in [0.15, 0.2) is 11.8 Å². The largest absolute Gasteiger partial charge is 0.382 e. The summed E-state index contributed by atoms with van der Waals surface area (Å²) >= 11 is 0. The molecule has 2 N–H and O–H groups in total. The Morgan fingerprint density at radius 3 is 2.57 bits per heavy atom. The predicted molar refractivity (Wildman–Crippen MR) is 114 cm³/mol. The summed E-state index contributed by atoms with van der Waals surface area (Å²) in [5.41, 5.74) is 0. The summed E-state index contributed by atoms with van der Waals surface area (Å²) in [6, 6.07) is 0. The summed E-state index contributed by atoms with van der Waals surface area (Å²) in [7, 11) is 1.98. The van der Waals surface area contributed by atoms with Gasteiger partial charge in [-0.25, -0.2) is 4.99 Å². The molecule has 0 aliphatic heterocycles. The van der Waals surface area contributed by atoms with E-state index in [1.54, 1.807) is 0 Å². The molecule has 1 aliphatic rings. The minimum Gasteiger partial charge on any atom is -0.382 e. The van der Waals surface area contributed by atoms with Crippen LogP contribution in [0.3, 0.4) is 0 Å². The second kappa shape index (κ2) is 12.0. The normalized spacial score (nSPS) is 20.6. The van der Waals surface area contributed by atoms with E-state index < -0.39 is 0 Å². The Morgan fingerprint density at radius 1 is 1.21 bits per heavy atom. The second-order valence-corrected chi connectivity index (χ2v) is 8.27. The van der Waals surface area contributed by atoms with Gasteiger partial charge in [0.2, 0.25) is 0 Å². The fraction of sp³-hybridized carbons (Fsp3) is 0.857. The number of nitrogens with one attached hydrogen (secondary N) is 2. The molecule has 1 aliphatic carbocycles. The lowest BCUT2D eigenvalue weighted by Gasteiger charge is -2.31. The molecule has 28 heavy (non-hydrogen) atoms. The van der Waals surface area contributed by atoms with Crippen LogP contribution in [0.4, 0.5) is 0 Å². The molecule has 160 valence electrons. The molecule has 7 nitrogen and oxygen atoms in total. The molecule has 1 fully saturated rings. The first-order chi connectivity index (χ1) is 13.5. The summed E-state index contributed by atoms with van der Waals surface area (Å²) in [6.07, 6.45) is 6.32. The quantitative estimate of drug-likeness (QED) is 0.364. The van der Waals surface area contributed by atoms with E-state index in [4.69, 9.17) is 9.73 Å². The van der Waals surface area contributed by atoms with E-state index in [0.717, 1.165) is 68.1 Å². The Morgan fingerprint density at radius 2 is 1.96 bits per heavy atom. The number of aryl methyl sites for hydroxylation is 1. The molecule has 0 atom stereocenters. The maximum atomic E-state index is 5.43. The van der Waals surface area contributed by atoms with Gasteiger partial charge in [0, 0.05) is 33.4 Å². The Kier molecular flexibility index (Phi) is 9.75. The molecule has 2 rings (SSSR count). The fourth-order valence-corrected chi connectivity index (χ4v) is 3.74. The van der Waals surface area contributed by atoms with Gasteiger partial charge >= 0.3 is 0 Å². The number of guanidine groups is 1. The third-order valence-corrected chi connectivity index (χ3v) is 5.92. The molecule has 1 aromatic heterocycles. The lowest BCUT2D eigenvalue weighted by molar-refractivity contribution is 0.145. The standard InChI is InChI=1S/C21H40N6O/c1-6-28-13-7-12-22-21(24-15-20-26-25-17(4)27(20)5)23-14-18-8-10-19(11-9-18)16(2)3/h16,18-19H,6-15H2,1-5H3,(H2,22,23,24). The van der Waals surface area contributed by atoms with Crippen molar-refractivity contribution < 1.29 is 4.74 Å². The first-order valence-corrected chi connectivity index (χ1v) is 11.0. The summed E-state index contributed by atoms with van der Waals surface area (Å²) in [6.45, 7) is 12.6. The number of nitrogens with zero attached hydrogens (tertiary/aromatic N) is 4. The van der Waals surface area contributed by atoms with E-state index in [9.17, 15) is 0 Å². The number of ether oxygens (including phenoxy) is 1. The van der Waals surface area contributed by atoms with Crippen molar-refractivity contribution in [3.63, 3.8) is 0 Å². The van der Waals surface area contributed by atoms with Crippen LogP contribution in [0.15, 0.2) is 4.99 Å². The molecule has 0 saturated heterocycles. The van der Waals surface area contributed by atoms with Gasteiger partial charge in [-0.15, -0.1) is 10.2 Å².